The summed E-state index contributed by atoms with van der Waals surface area (Å²) in [4.78, 5) is 11.9. The van der Waals surface area contributed by atoms with E-state index >= 15 is 0 Å². The van der Waals surface area contributed by atoms with Crippen molar-refractivity contribution in [1.82, 2.24) is 4.57 Å². The summed E-state index contributed by atoms with van der Waals surface area (Å²) in [6, 6.07) is 3.75. The molecular weight excluding hydrogens is 178 g/mol. The molecule has 0 bridgehead atoms. The van der Waals surface area contributed by atoms with Gasteiger partial charge in [-0.3, -0.25) is 9.36 Å². The highest BCUT2D eigenvalue weighted by atomic mass is 16.5. The molecule has 0 spiro atoms. The number of hydrogen-bond acceptors (Lipinski definition) is 2. The van der Waals surface area contributed by atoms with Crippen LogP contribution in [0.5, 0.6) is 0 Å². The SMILES string of the molecule is COCn1cccc(C(C)(C)C)c1=O. The van der Waals surface area contributed by atoms with Gasteiger partial charge in [0.05, 0.1) is 0 Å². The highest BCUT2D eigenvalue weighted by Gasteiger charge is 2.17. The van der Waals surface area contributed by atoms with Crippen LogP contribution >= 0.6 is 0 Å². The third-order valence-corrected chi connectivity index (χ3v) is 2.10. The van der Waals surface area contributed by atoms with E-state index < -0.39 is 0 Å². The molecule has 0 atom stereocenters. The molecule has 1 rings (SSSR count). The first kappa shape index (κ1) is 11.0. The molecule has 0 N–H and O–H groups in total. The lowest BCUT2D eigenvalue weighted by molar-refractivity contribution is 0.127. The fraction of sp³-hybridized carbons (Fsp3) is 0.545. The zero-order valence-corrected chi connectivity index (χ0v) is 9.20. The van der Waals surface area contributed by atoms with Crippen molar-refractivity contribution < 1.29 is 4.74 Å². The van der Waals surface area contributed by atoms with Crippen molar-refractivity contribution in [3.05, 3.63) is 34.2 Å². The lowest BCUT2D eigenvalue weighted by Gasteiger charge is -2.18. The summed E-state index contributed by atoms with van der Waals surface area (Å²) in [7, 11) is 1.58. The molecule has 0 aliphatic carbocycles. The zero-order valence-electron chi connectivity index (χ0n) is 9.20. The van der Waals surface area contributed by atoms with E-state index in [1.807, 2.05) is 32.9 Å². The molecule has 1 aromatic rings. The minimum Gasteiger partial charge on any atom is -0.364 e. The van der Waals surface area contributed by atoms with Gasteiger partial charge < -0.3 is 4.74 Å². The van der Waals surface area contributed by atoms with E-state index in [2.05, 4.69) is 0 Å². The van der Waals surface area contributed by atoms with E-state index in [-0.39, 0.29) is 11.0 Å². The maximum atomic E-state index is 11.9. The second kappa shape index (κ2) is 3.96. The fourth-order valence-corrected chi connectivity index (χ4v) is 1.35. The Kier molecular flexibility index (Phi) is 3.11. The first-order valence-corrected chi connectivity index (χ1v) is 4.65. The molecule has 3 heteroatoms. The highest BCUT2D eigenvalue weighted by Crippen LogP contribution is 2.17. The van der Waals surface area contributed by atoms with Crippen LogP contribution in [0.4, 0.5) is 0 Å². The van der Waals surface area contributed by atoms with Crippen molar-refractivity contribution in [3.8, 4) is 0 Å². The van der Waals surface area contributed by atoms with Crippen molar-refractivity contribution in [2.24, 2.45) is 0 Å². The summed E-state index contributed by atoms with van der Waals surface area (Å²) in [5.41, 5.74) is 0.729. The smallest absolute Gasteiger partial charge is 0.256 e. The van der Waals surface area contributed by atoms with Crippen LogP contribution in [0.25, 0.3) is 0 Å². The molecule has 0 saturated heterocycles. The Morgan fingerprint density at radius 1 is 1.43 bits per heavy atom. The van der Waals surface area contributed by atoms with E-state index in [0.717, 1.165) is 5.56 Å². The van der Waals surface area contributed by atoms with Gasteiger partial charge in [0.1, 0.15) is 6.73 Å². The van der Waals surface area contributed by atoms with E-state index in [0.29, 0.717) is 6.73 Å². The molecule has 14 heavy (non-hydrogen) atoms. The molecule has 1 aromatic heterocycles. The predicted octanol–water partition coefficient (Wildman–Crippen LogP) is 1.75. The maximum Gasteiger partial charge on any atom is 0.256 e. The number of rotatable bonds is 2. The second-order valence-corrected chi connectivity index (χ2v) is 4.36. The average Bonchev–Trinajstić information content (AvgIpc) is 2.07. The summed E-state index contributed by atoms with van der Waals surface area (Å²) in [6.07, 6.45) is 1.74. The molecule has 0 aromatic carbocycles. The first-order chi connectivity index (χ1) is 6.46. The van der Waals surface area contributed by atoms with Crippen molar-refractivity contribution in [1.29, 1.82) is 0 Å². The number of ether oxygens (including phenoxy) is 1. The number of methoxy groups -OCH3 is 1. The van der Waals surface area contributed by atoms with Crippen LogP contribution in [0.2, 0.25) is 0 Å². The van der Waals surface area contributed by atoms with E-state index in [1.165, 1.54) is 0 Å². The van der Waals surface area contributed by atoms with E-state index in [9.17, 15) is 4.79 Å². The molecular formula is C11H17NO2. The Morgan fingerprint density at radius 2 is 2.07 bits per heavy atom. The summed E-state index contributed by atoms with van der Waals surface area (Å²) < 4.78 is 6.51. The van der Waals surface area contributed by atoms with Gasteiger partial charge in [-0.2, -0.15) is 0 Å². The number of hydrogen-bond donors (Lipinski definition) is 0. The van der Waals surface area contributed by atoms with Crippen molar-refractivity contribution in [2.45, 2.75) is 32.9 Å². The standard InChI is InChI=1S/C11H17NO2/c1-11(2,3)9-6-5-7-12(8-14-4)10(9)13/h5-7H,8H2,1-4H3. The maximum absolute atomic E-state index is 11.9. The normalized spacial score (nSPS) is 11.7. The topological polar surface area (TPSA) is 31.2 Å². The first-order valence-electron chi connectivity index (χ1n) is 4.65. The highest BCUT2D eigenvalue weighted by molar-refractivity contribution is 5.19. The summed E-state index contributed by atoms with van der Waals surface area (Å²) >= 11 is 0. The van der Waals surface area contributed by atoms with Crippen LogP contribution in [0.3, 0.4) is 0 Å². The summed E-state index contributed by atoms with van der Waals surface area (Å²) in [6.45, 7) is 6.39. The Hall–Kier alpha value is -1.09. The largest absolute Gasteiger partial charge is 0.364 e. The molecule has 78 valence electrons. The molecule has 0 fully saturated rings. The van der Waals surface area contributed by atoms with E-state index in [4.69, 9.17) is 4.74 Å². The molecule has 0 saturated carbocycles. The van der Waals surface area contributed by atoms with Crippen LogP contribution in [-0.4, -0.2) is 11.7 Å². The van der Waals surface area contributed by atoms with Crippen molar-refractivity contribution >= 4 is 0 Å². The summed E-state index contributed by atoms with van der Waals surface area (Å²) in [5, 5.41) is 0. The van der Waals surface area contributed by atoms with Gasteiger partial charge in [-0.15, -0.1) is 0 Å². The number of nitrogens with zero attached hydrogens (tertiary/aromatic N) is 1. The molecule has 0 amide bonds. The van der Waals surface area contributed by atoms with Crippen LogP contribution in [-0.2, 0) is 16.9 Å². The van der Waals surface area contributed by atoms with Gasteiger partial charge in [-0.1, -0.05) is 26.8 Å². The van der Waals surface area contributed by atoms with Gasteiger partial charge in [-0.25, -0.2) is 0 Å². The Balaban J connectivity index is 3.22. The Labute approximate surface area is 84.3 Å². The van der Waals surface area contributed by atoms with E-state index in [1.54, 1.807) is 17.9 Å². The molecule has 0 aliphatic rings. The molecule has 1 heterocycles. The molecule has 3 nitrogen and oxygen atoms in total. The van der Waals surface area contributed by atoms with Crippen LogP contribution in [0, 0.1) is 0 Å². The van der Waals surface area contributed by atoms with Crippen LogP contribution in [0.1, 0.15) is 26.3 Å². The second-order valence-electron chi connectivity index (χ2n) is 4.36. The zero-order chi connectivity index (χ0) is 10.8. The summed E-state index contributed by atoms with van der Waals surface area (Å²) in [5.74, 6) is 0. The van der Waals surface area contributed by atoms with Gasteiger partial charge in [0.25, 0.3) is 5.56 Å². The van der Waals surface area contributed by atoms with Gasteiger partial charge in [0, 0.05) is 18.9 Å². The van der Waals surface area contributed by atoms with Gasteiger partial charge in [0.2, 0.25) is 0 Å². The average molecular weight is 195 g/mol. The third kappa shape index (κ3) is 2.23. The predicted molar refractivity (Wildman–Crippen MR) is 56.4 cm³/mol. The molecule has 0 radical (unpaired) electrons. The van der Waals surface area contributed by atoms with Gasteiger partial charge in [-0.05, 0) is 11.5 Å². The van der Waals surface area contributed by atoms with Gasteiger partial charge >= 0.3 is 0 Å². The quantitative estimate of drug-likeness (QED) is 0.720. The van der Waals surface area contributed by atoms with Crippen molar-refractivity contribution in [2.75, 3.05) is 7.11 Å². The van der Waals surface area contributed by atoms with Crippen molar-refractivity contribution in [3.63, 3.8) is 0 Å². The Bertz CT molecular complexity index is 360. The monoisotopic (exact) mass is 195 g/mol. The fourth-order valence-electron chi connectivity index (χ4n) is 1.35. The number of aromatic nitrogens is 1. The minimum atomic E-state index is -0.117. The lowest BCUT2D eigenvalue weighted by Crippen LogP contribution is -2.30. The lowest BCUT2D eigenvalue weighted by atomic mass is 9.88. The van der Waals surface area contributed by atoms with Crippen LogP contribution in [0.15, 0.2) is 23.1 Å². The van der Waals surface area contributed by atoms with Gasteiger partial charge in [0.15, 0.2) is 0 Å². The number of pyridine rings is 1. The molecule has 0 aliphatic heterocycles. The minimum absolute atomic E-state index is 0.0295. The third-order valence-electron chi connectivity index (χ3n) is 2.10. The molecule has 0 unspecified atom stereocenters. The Morgan fingerprint density at radius 3 is 2.57 bits per heavy atom. The van der Waals surface area contributed by atoms with Crippen LogP contribution < -0.4 is 5.56 Å².